The number of nitrogens with zero attached hydrogens (tertiary/aromatic N) is 1. The van der Waals surface area contributed by atoms with Crippen LogP contribution in [0.2, 0.25) is 0 Å². The highest BCUT2D eigenvalue weighted by Gasteiger charge is 2.34. The molecule has 1 saturated heterocycles. The summed E-state index contributed by atoms with van der Waals surface area (Å²) in [6, 6.07) is 6.71. The van der Waals surface area contributed by atoms with Crippen LogP contribution in [-0.2, 0) is 9.53 Å². The lowest BCUT2D eigenvalue weighted by Crippen LogP contribution is -2.46. The van der Waals surface area contributed by atoms with E-state index in [0.717, 1.165) is 4.90 Å². The van der Waals surface area contributed by atoms with Gasteiger partial charge in [0.2, 0.25) is 5.91 Å². The van der Waals surface area contributed by atoms with Crippen LogP contribution in [0.5, 0.6) is 5.75 Å². The van der Waals surface area contributed by atoms with Gasteiger partial charge in [-0.3, -0.25) is 4.79 Å². The van der Waals surface area contributed by atoms with Crippen LogP contribution in [0.25, 0.3) is 0 Å². The summed E-state index contributed by atoms with van der Waals surface area (Å²) < 4.78 is 10.2. The first-order valence-electron chi connectivity index (χ1n) is 5.83. The number of hydrogen-bond donors (Lipinski definition) is 0. The normalized spacial score (nSPS) is 19.7. The van der Waals surface area contributed by atoms with Crippen LogP contribution >= 0.6 is 0 Å². The predicted molar refractivity (Wildman–Crippen MR) is 65.7 cm³/mol. The Kier molecular flexibility index (Phi) is 3.50. The van der Waals surface area contributed by atoms with Gasteiger partial charge in [0.15, 0.2) is 0 Å². The Labute approximate surface area is 105 Å². The average molecular weight is 249 g/mol. The van der Waals surface area contributed by atoms with Crippen molar-refractivity contribution in [2.75, 3.05) is 12.0 Å². The number of imide groups is 1. The van der Waals surface area contributed by atoms with E-state index < -0.39 is 6.09 Å². The van der Waals surface area contributed by atoms with E-state index in [1.54, 1.807) is 31.4 Å². The summed E-state index contributed by atoms with van der Waals surface area (Å²) >= 11 is 0. The molecule has 0 aliphatic carbocycles. The van der Waals surface area contributed by atoms with E-state index in [2.05, 4.69) is 0 Å². The number of anilines is 1. The second-order valence-electron chi connectivity index (χ2n) is 4.05. The second-order valence-corrected chi connectivity index (χ2v) is 4.05. The molecule has 1 aromatic rings. The largest absolute Gasteiger partial charge is 0.497 e. The Morgan fingerprint density at radius 3 is 2.50 bits per heavy atom. The molecule has 18 heavy (non-hydrogen) atoms. The van der Waals surface area contributed by atoms with E-state index in [-0.39, 0.29) is 18.4 Å². The first-order valence-corrected chi connectivity index (χ1v) is 5.83. The summed E-state index contributed by atoms with van der Waals surface area (Å²) in [5, 5.41) is 0. The minimum absolute atomic E-state index is 0.230. The zero-order valence-electron chi connectivity index (χ0n) is 10.4. The molecular formula is C13H15NO4. The van der Waals surface area contributed by atoms with E-state index in [0.29, 0.717) is 17.9 Å². The topological polar surface area (TPSA) is 55.8 Å². The lowest BCUT2D eigenvalue weighted by Gasteiger charge is -2.29. The van der Waals surface area contributed by atoms with Crippen molar-refractivity contribution in [2.24, 2.45) is 0 Å². The van der Waals surface area contributed by atoms with Crippen LogP contribution < -0.4 is 9.64 Å². The molecule has 0 bridgehead atoms. The van der Waals surface area contributed by atoms with Crippen molar-refractivity contribution >= 4 is 17.7 Å². The SMILES string of the molecule is CCC1CC(=O)N(c2ccc(OC)cc2)C(=O)O1. The van der Waals surface area contributed by atoms with Crippen molar-refractivity contribution in [2.45, 2.75) is 25.9 Å². The van der Waals surface area contributed by atoms with Gasteiger partial charge in [0, 0.05) is 0 Å². The fourth-order valence-electron chi connectivity index (χ4n) is 1.83. The van der Waals surface area contributed by atoms with Crippen molar-refractivity contribution in [1.82, 2.24) is 0 Å². The molecule has 2 amide bonds. The molecular weight excluding hydrogens is 234 g/mol. The van der Waals surface area contributed by atoms with E-state index in [1.165, 1.54) is 0 Å². The zero-order valence-corrected chi connectivity index (χ0v) is 10.4. The number of ether oxygens (including phenoxy) is 2. The lowest BCUT2D eigenvalue weighted by atomic mass is 10.1. The molecule has 1 heterocycles. The van der Waals surface area contributed by atoms with Gasteiger partial charge in [-0.2, -0.15) is 0 Å². The lowest BCUT2D eigenvalue weighted by molar-refractivity contribution is -0.122. The summed E-state index contributed by atoms with van der Waals surface area (Å²) in [5.41, 5.74) is 0.500. The van der Waals surface area contributed by atoms with Gasteiger partial charge >= 0.3 is 6.09 Å². The Hall–Kier alpha value is -2.04. The monoisotopic (exact) mass is 249 g/mol. The molecule has 1 fully saturated rings. The maximum Gasteiger partial charge on any atom is 0.421 e. The molecule has 96 valence electrons. The first kappa shape index (κ1) is 12.4. The van der Waals surface area contributed by atoms with Gasteiger partial charge in [-0.05, 0) is 30.7 Å². The van der Waals surface area contributed by atoms with E-state index in [4.69, 9.17) is 9.47 Å². The Morgan fingerprint density at radius 1 is 1.33 bits per heavy atom. The first-order chi connectivity index (χ1) is 8.65. The summed E-state index contributed by atoms with van der Waals surface area (Å²) in [6.45, 7) is 1.88. The van der Waals surface area contributed by atoms with Crippen molar-refractivity contribution in [1.29, 1.82) is 0 Å². The van der Waals surface area contributed by atoms with Gasteiger partial charge in [-0.15, -0.1) is 0 Å². The van der Waals surface area contributed by atoms with E-state index >= 15 is 0 Å². The van der Waals surface area contributed by atoms with Gasteiger partial charge in [0.1, 0.15) is 11.9 Å². The fraction of sp³-hybridized carbons (Fsp3) is 0.385. The number of carbonyl (C=O) groups is 2. The summed E-state index contributed by atoms with van der Waals surface area (Å²) in [7, 11) is 1.56. The third kappa shape index (κ3) is 2.30. The van der Waals surface area contributed by atoms with Crippen LogP contribution in [0, 0.1) is 0 Å². The molecule has 0 N–H and O–H groups in total. The van der Waals surface area contributed by atoms with Crippen LogP contribution in [0.1, 0.15) is 19.8 Å². The number of rotatable bonds is 3. The van der Waals surface area contributed by atoms with Crippen molar-refractivity contribution < 1.29 is 19.1 Å². The van der Waals surface area contributed by atoms with Crippen molar-refractivity contribution in [3.8, 4) is 5.75 Å². The third-order valence-corrected chi connectivity index (χ3v) is 2.89. The predicted octanol–water partition coefficient (Wildman–Crippen LogP) is 2.35. The number of cyclic esters (lactones) is 1. The molecule has 1 unspecified atom stereocenters. The van der Waals surface area contributed by atoms with Gasteiger partial charge in [-0.25, -0.2) is 9.69 Å². The summed E-state index contributed by atoms with van der Waals surface area (Å²) in [4.78, 5) is 24.8. The highest BCUT2D eigenvalue weighted by atomic mass is 16.6. The number of carbonyl (C=O) groups excluding carboxylic acids is 2. The molecule has 5 nitrogen and oxygen atoms in total. The van der Waals surface area contributed by atoms with Gasteiger partial charge in [0.05, 0.1) is 19.2 Å². The average Bonchev–Trinajstić information content (AvgIpc) is 2.38. The van der Waals surface area contributed by atoms with Crippen LogP contribution in [0.15, 0.2) is 24.3 Å². The number of methoxy groups -OCH3 is 1. The molecule has 1 aliphatic rings. The Morgan fingerprint density at radius 2 is 2.00 bits per heavy atom. The molecule has 0 saturated carbocycles. The quantitative estimate of drug-likeness (QED) is 0.825. The number of hydrogen-bond acceptors (Lipinski definition) is 4. The molecule has 1 atom stereocenters. The second kappa shape index (κ2) is 5.08. The Balaban J connectivity index is 2.21. The number of benzene rings is 1. The molecule has 0 spiro atoms. The number of amides is 2. The minimum atomic E-state index is -0.608. The maximum absolute atomic E-state index is 11.9. The van der Waals surface area contributed by atoms with Crippen LogP contribution in [0.4, 0.5) is 10.5 Å². The standard InChI is InChI=1S/C13H15NO4/c1-3-10-8-12(15)14(13(16)18-10)9-4-6-11(17-2)7-5-9/h4-7,10H,3,8H2,1-2H3. The zero-order chi connectivity index (χ0) is 13.1. The van der Waals surface area contributed by atoms with Gasteiger partial charge < -0.3 is 9.47 Å². The van der Waals surface area contributed by atoms with Crippen molar-refractivity contribution in [3.05, 3.63) is 24.3 Å². The van der Waals surface area contributed by atoms with Crippen molar-refractivity contribution in [3.63, 3.8) is 0 Å². The maximum atomic E-state index is 11.9. The highest BCUT2D eigenvalue weighted by molar-refractivity contribution is 6.13. The summed E-state index contributed by atoms with van der Waals surface area (Å²) in [6.07, 6.45) is -0.0369. The van der Waals surface area contributed by atoms with Gasteiger partial charge in [0.25, 0.3) is 0 Å². The summed E-state index contributed by atoms with van der Waals surface area (Å²) in [5.74, 6) is 0.436. The van der Waals surface area contributed by atoms with Crippen LogP contribution in [-0.4, -0.2) is 25.2 Å². The molecule has 1 aromatic carbocycles. The third-order valence-electron chi connectivity index (χ3n) is 2.89. The van der Waals surface area contributed by atoms with Crippen LogP contribution in [0.3, 0.4) is 0 Å². The van der Waals surface area contributed by atoms with Gasteiger partial charge in [-0.1, -0.05) is 6.92 Å². The minimum Gasteiger partial charge on any atom is -0.497 e. The fourth-order valence-corrected chi connectivity index (χ4v) is 1.83. The smallest absolute Gasteiger partial charge is 0.421 e. The molecule has 0 aromatic heterocycles. The Bertz CT molecular complexity index is 437. The van der Waals surface area contributed by atoms with E-state index in [9.17, 15) is 9.59 Å². The molecule has 0 radical (unpaired) electrons. The molecule has 5 heteroatoms. The van der Waals surface area contributed by atoms with E-state index in [1.807, 2.05) is 6.92 Å². The highest BCUT2D eigenvalue weighted by Crippen LogP contribution is 2.25. The molecule has 1 aliphatic heterocycles. The molecule has 2 rings (SSSR count).